The van der Waals surface area contributed by atoms with Crippen LogP contribution in [0.15, 0.2) is 36.4 Å². The Kier molecular flexibility index (Phi) is 5.90. The minimum absolute atomic E-state index is 0.468. The van der Waals surface area contributed by atoms with E-state index in [1.165, 1.54) is 0 Å². The van der Waals surface area contributed by atoms with E-state index in [9.17, 15) is 0 Å². The molecule has 2 aromatic carbocycles. The summed E-state index contributed by atoms with van der Waals surface area (Å²) in [5.41, 5.74) is 4.61. The maximum atomic E-state index is 6.41. The molecule has 3 rings (SSSR count). The molecule has 1 heterocycles. The van der Waals surface area contributed by atoms with Gasteiger partial charge in [-0.25, -0.2) is 4.98 Å². The van der Waals surface area contributed by atoms with Crippen molar-refractivity contribution in [1.29, 1.82) is 0 Å². The second kappa shape index (κ2) is 8.35. The Morgan fingerprint density at radius 2 is 1.61 bits per heavy atom. The highest BCUT2D eigenvalue weighted by atomic mass is 35.5. The van der Waals surface area contributed by atoms with Crippen LogP contribution in [0.2, 0.25) is 5.02 Å². The lowest BCUT2D eigenvalue weighted by atomic mass is 10.1. The van der Waals surface area contributed by atoms with Crippen molar-refractivity contribution in [2.24, 2.45) is 0 Å². The smallest absolute Gasteiger partial charge is 0.229 e. The van der Waals surface area contributed by atoms with Crippen molar-refractivity contribution >= 4 is 34.7 Å². The number of hydrogen-bond donors (Lipinski definition) is 2. The van der Waals surface area contributed by atoms with Gasteiger partial charge in [0, 0.05) is 23.5 Å². The summed E-state index contributed by atoms with van der Waals surface area (Å²) in [6.45, 7) is 5.94. The van der Waals surface area contributed by atoms with Crippen molar-refractivity contribution in [3.05, 3.63) is 58.2 Å². The molecule has 0 unspecified atom stereocenters. The van der Waals surface area contributed by atoms with E-state index in [2.05, 4.69) is 26.7 Å². The zero-order valence-electron chi connectivity index (χ0n) is 16.6. The third kappa shape index (κ3) is 4.46. The van der Waals surface area contributed by atoms with E-state index in [0.717, 1.165) is 28.2 Å². The fraction of sp³-hybridized carbons (Fsp3) is 0.238. The van der Waals surface area contributed by atoms with Gasteiger partial charge in [0.1, 0.15) is 5.82 Å². The van der Waals surface area contributed by atoms with Gasteiger partial charge in [-0.05, 0) is 50.1 Å². The van der Waals surface area contributed by atoms with E-state index in [1.54, 1.807) is 14.2 Å². The minimum atomic E-state index is 0.468. The van der Waals surface area contributed by atoms with Crippen LogP contribution in [0.4, 0.5) is 23.1 Å². The molecule has 0 saturated carbocycles. The second-order valence-electron chi connectivity index (χ2n) is 6.48. The first kappa shape index (κ1) is 19.8. The highest BCUT2D eigenvalue weighted by molar-refractivity contribution is 6.33. The van der Waals surface area contributed by atoms with Gasteiger partial charge in [0.05, 0.1) is 24.9 Å². The number of nitrogens with one attached hydrogen (secondary N) is 2. The number of methoxy groups -OCH3 is 2. The Balaban J connectivity index is 1.88. The molecule has 0 aliphatic carbocycles. The van der Waals surface area contributed by atoms with Gasteiger partial charge in [-0.2, -0.15) is 4.98 Å². The molecule has 0 fully saturated rings. The molecular weight excluding hydrogens is 376 g/mol. The third-order valence-electron chi connectivity index (χ3n) is 4.18. The van der Waals surface area contributed by atoms with Gasteiger partial charge in [-0.3, -0.25) is 0 Å². The molecule has 146 valence electrons. The van der Waals surface area contributed by atoms with Crippen LogP contribution in [0.1, 0.15) is 16.8 Å². The van der Waals surface area contributed by atoms with Crippen LogP contribution in [0, 0.1) is 20.8 Å². The standard InChI is InChI=1S/C21H23ClN4O2/c1-12-8-13(2)20(16(22)9-12)25-19-10-14(3)23-21(26-19)24-15-6-7-17(27-4)18(11-15)28-5/h6-11H,1-5H3,(H2,23,24,25,26). The van der Waals surface area contributed by atoms with E-state index in [-0.39, 0.29) is 0 Å². The van der Waals surface area contributed by atoms with Crippen molar-refractivity contribution in [3.63, 3.8) is 0 Å². The van der Waals surface area contributed by atoms with Gasteiger partial charge < -0.3 is 20.1 Å². The second-order valence-corrected chi connectivity index (χ2v) is 6.88. The summed E-state index contributed by atoms with van der Waals surface area (Å²) in [4.78, 5) is 9.02. The van der Waals surface area contributed by atoms with Crippen LogP contribution in [0.3, 0.4) is 0 Å². The quantitative estimate of drug-likeness (QED) is 0.566. The summed E-state index contributed by atoms with van der Waals surface area (Å²) in [7, 11) is 3.20. The lowest BCUT2D eigenvalue weighted by molar-refractivity contribution is 0.355. The molecule has 7 heteroatoms. The number of aryl methyl sites for hydroxylation is 3. The molecule has 2 N–H and O–H groups in total. The Labute approximate surface area is 169 Å². The van der Waals surface area contributed by atoms with Crippen LogP contribution in [0.5, 0.6) is 11.5 Å². The lowest BCUT2D eigenvalue weighted by Crippen LogP contribution is -2.04. The van der Waals surface area contributed by atoms with Crippen molar-refractivity contribution in [3.8, 4) is 11.5 Å². The first-order valence-electron chi connectivity index (χ1n) is 8.78. The minimum Gasteiger partial charge on any atom is -0.493 e. The molecule has 0 aliphatic rings. The van der Waals surface area contributed by atoms with Crippen LogP contribution in [-0.4, -0.2) is 24.2 Å². The van der Waals surface area contributed by atoms with Gasteiger partial charge in [0.2, 0.25) is 5.95 Å². The largest absolute Gasteiger partial charge is 0.493 e. The number of nitrogens with zero attached hydrogens (tertiary/aromatic N) is 2. The van der Waals surface area contributed by atoms with E-state index in [1.807, 2.05) is 51.1 Å². The van der Waals surface area contributed by atoms with Gasteiger partial charge in [-0.15, -0.1) is 0 Å². The van der Waals surface area contributed by atoms with Gasteiger partial charge >= 0.3 is 0 Å². The van der Waals surface area contributed by atoms with Crippen LogP contribution >= 0.6 is 11.6 Å². The summed E-state index contributed by atoms with van der Waals surface area (Å²) in [6, 6.07) is 11.4. The van der Waals surface area contributed by atoms with Gasteiger partial charge in [0.15, 0.2) is 11.5 Å². The maximum absolute atomic E-state index is 6.41. The average molecular weight is 399 g/mol. The zero-order valence-corrected chi connectivity index (χ0v) is 17.3. The molecule has 28 heavy (non-hydrogen) atoms. The molecule has 0 spiro atoms. The summed E-state index contributed by atoms with van der Waals surface area (Å²) in [6.07, 6.45) is 0. The molecule has 0 atom stereocenters. The highest BCUT2D eigenvalue weighted by Gasteiger charge is 2.10. The zero-order chi connectivity index (χ0) is 20.3. The van der Waals surface area contributed by atoms with Crippen LogP contribution in [0.25, 0.3) is 0 Å². The lowest BCUT2D eigenvalue weighted by Gasteiger charge is -2.14. The van der Waals surface area contributed by atoms with Gasteiger partial charge in [-0.1, -0.05) is 17.7 Å². The summed E-state index contributed by atoms with van der Waals surface area (Å²) in [5.74, 6) is 2.41. The first-order valence-corrected chi connectivity index (χ1v) is 9.16. The summed E-state index contributed by atoms with van der Waals surface area (Å²) < 4.78 is 10.6. The normalized spacial score (nSPS) is 10.5. The third-order valence-corrected chi connectivity index (χ3v) is 4.48. The summed E-state index contributed by atoms with van der Waals surface area (Å²) in [5, 5.41) is 7.17. The number of hydrogen-bond acceptors (Lipinski definition) is 6. The van der Waals surface area contributed by atoms with Crippen LogP contribution < -0.4 is 20.1 Å². The average Bonchev–Trinajstić information content (AvgIpc) is 2.64. The molecule has 6 nitrogen and oxygen atoms in total. The molecule has 0 radical (unpaired) electrons. The molecule has 0 amide bonds. The predicted molar refractivity (Wildman–Crippen MR) is 114 cm³/mol. The predicted octanol–water partition coefficient (Wildman–Crippen LogP) is 5.56. The molecule has 0 bridgehead atoms. The van der Waals surface area contributed by atoms with E-state index >= 15 is 0 Å². The van der Waals surface area contributed by atoms with Crippen molar-refractivity contribution in [1.82, 2.24) is 9.97 Å². The van der Waals surface area contributed by atoms with Crippen molar-refractivity contribution < 1.29 is 9.47 Å². The topological polar surface area (TPSA) is 68.3 Å². The first-order chi connectivity index (χ1) is 13.4. The molecule has 0 aliphatic heterocycles. The number of aromatic nitrogens is 2. The van der Waals surface area contributed by atoms with Crippen molar-refractivity contribution in [2.45, 2.75) is 20.8 Å². The molecular formula is C21H23ClN4O2. The van der Waals surface area contributed by atoms with E-state index in [4.69, 9.17) is 21.1 Å². The van der Waals surface area contributed by atoms with Crippen molar-refractivity contribution in [2.75, 3.05) is 24.9 Å². The monoisotopic (exact) mass is 398 g/mol. The summed E-state index contributed by atoms with van der Waals surface area (Å²) >= 11 is 6.41. The number of rotatable bonds is 6. The molecule has 1 aromatic heterocycles. The Morgan fingerprint density at radius 3 is 2.29 bits per heavy atom. The fourth-order valence-electron chi connectivity index (χ4n) is 2.93. The number of halogens is 1. The highest BCUT2D eigenvalue weighted by Crippen LogP contribution is 2.32. The van der Waals surface area contributed by atoms with Crippen LogP contribution in [-0.2, 0) is 0 Å². The number of anilines is 4. The van der Waals surface area contributed by atoms with E-state index < -0.39 is 0 Å². The number of benzene rings is 2. The Bertz CT molecular complexity index is 985. The Hall–Kier alpha value is -2.99. The Morgan fingerprint density at radius 1 is 0.857 bits per heavy atom. The fourth-order valence-corrected chi connectivity index (χ4v) is 3.30. The SMILES string of the molecule is COc1ccc(Nc2nc(C)cc(Nc3c(C)cc(C)cc3Cl)n2)cc1OC. The molecule has 3 aromatic rings. The van der Waals surface area contributed by atoms with E-state index in [0.29, 0.717) is 28.3 Å². The maximum Gasteiger partial charge on any atom is 0.229 e. The van der Waals surface area contributed by atoms with Gasteiger partial charge in [0.25, 0.3) is 0 Å². The molecule has 0 saturated heterocycles. The number of ether oxygens (including phenoxy) is 2.